The lowest BCUT2D eigenvalue weighted by molar-refractivity contribution is 0.478. The molecular formula is C19H14ClF2N5. The summed E-state index contributed by atoms with van der Waals surface area (Å²) in [6, 6.07) is 7.01. The van der Waals surface area contributed by atoms with Crippen molar-refractivity contribution in [2.24, 2.45) is 0 Å². The lowest BCUT2D eigenvalue weighted by atomic mass is 10.1. The van der Waals surface area contributed by atoms with Crippen molar-refractivity contribution in [3.63, 3.8) is 0 Å². The predicted molar refractivity (Wildman–Crippen MR) is 101 cm³/mol. The van der Waals surface area contributed by atoms with E-state index in [2.05, 4.69) is 19.9 Å². The average Bonchev–Trinajstić information content (AvgIpc) is 3.05. The Kier molecular flexibility index (Phi) is 4.24. The van der Waals surface area contributed by atoms with E-state index >= 15 is 4.48 Å². The Balaban J connectivity index is 1.85. The maximum absolute atomic E-state index is 15.1. The van der Waals surface area contributed by atoms with Crippen LogP contribution in [0.3, 0.4) is 0 Å². The summed E-state index contributed by atoms with van der Waals surface area (Å²) in [5.74, 6) is -1.16. The zero-order chi connectivity index (χ0) is 19.1. The van der Waals surface area contributed by atoms with Crippen molar-refractivity contribution in [3.05, 3.63) is 64.8 Å². The SMILES string of the molecule is Cc1cccc(C)c1N(F)c1nc(-c2c[nH]c3ncc(Cl)cc23)ncc1F. The van der Waals surface area contributed by atoms with Crippen molar-refractivity contribution in [2.45, 2.75) is 13.8 Å². The van der Waals surface area contributed by atoms with Gasteiger partial charge >= 0.3 is 0 Å². The third-order valence-corrected chi connectivity index (χ3v) is 4.49. The first-order valence-corrected chi connectivity index (χ1v) is 8.51. The Morgan fingerprint density at radius 1 is 1.11 bits per heavy atom. The Labute approximate surface area is 158 Å². The van der Waals surface area contributed by atoms with E-state index in [-0.39, 0.29) is 16.6 Å². The quantitative estimate of drug-likeness (QED) is 0.476. The molecule has 3 aromatic heterocycles. The molecule has 4 rings (SSSR count). The molecule has 5 nitrogen and oxygen atoms in total. The minimum atomic E-state index is -0.861. The highest BCUT2D eigenvalue weighted by Crippen LogP contribution is 2.34. The second kappa shape index (κ2) is 6.59. The molecule has 0 aliphatic rings. The van der Waals surface area contributed by atoms with E-state index in [0.29, 0.717) is 32.7 Å². The van der Waals surface area contributed by atoms with E-state index in [9.17, 15) is 4.39 Å². The highest BCUT2D eigenvalue weighted by molar-refractivity contribution is 6.31. The summed E-state index contributed by atoms with van der Waals surface area (Å²) in [7, 11) is 0. The second-order valence-electron chi connectivity index (χ2n) is 6.14. The molecule has 0 aliphatic heterocycles. The normalized spacial score (nSPS) is 11.1. The van der Waals surface area contributed by atoms with Crippen LogP contribution in [-0.4, -0.2) is 19.9 Å². The van der Waals surface area contributed by atoms with Gasteiger partial charge in [0.25, 0.3) is 0 Å². The highest BCUT2D eigenvalue weighted by Gasteiger charge is 2.21. The summed E-state index contributed by atoms with van der Waals surface area (Å²) in [6.45, 7) is 3.50. The molecular weight excluding hydrogens is 372 g/mol. The zero-order valence-corrected chi connectivity index (χ0v) is 15.2. The number of pyridine rings is 1. The topological polar surface area (TPSA) is 57.7 Å². The molecule has 0 aliphatic carbocycles. The zero-order valence-electron chi connectivity index (χ0n) is 14.5. The van der Waals surface area contributed by atoms with Crippen LogP contribution in [0, 0.1) is 19.7 Å². The lowest BCUT2D eigenvalue weighted by Crippen LogP contribution is -2.12. The molecule has 1 N–H and O–H groups in total. The van der Waals surface area contributed by atoms with Crippen LogP contribution in [0.4, 0.5) is 20.4 Å². The van der Waals surface area contributed by atoms with Gasteiger partial charge in [-0.25, -0.2) is 19.3 Å². The van der Waals surface area contributed by atoms with Crippen LogP contribution in [0.1, 0.15) is 11.1 Å². The molecule has 4 aromatic rings. The van der Waals surface area contributed by atoms with Crippen molar-refractivity contribution in [3.8, 4) is 11.4 Å². The first kappa shape index (κ1) is 17.4. The van der Waals surface area contributed by atoms with Crippen LogP contribution in [-0.2, 0) is 0 Å². The molecule has 0 saturated carbocycles. The number of benzene rings is 1. The summed E-state index contributed by atoms with van der Waals surface area (Å²) >= 11 is 6.01. The van der Waals surface area contributed by atoms with Crippen LogP contribution in [0.5, 0.6) is 0 Å². The first-order chi connectivity index (χ1) is 13.0. The third-order valence-electron chi connectivity index (χ3n) is 4.29. The fourth-order valence-electron chi connectivity index (χ4n) is 3.01. The number of aryl methyl sites for hydroxylation is 2. The van der Waals surface area contributed by atoms with Gasteiger partial charge in [-0.15, -0.1) is 0 Å². The summed E-state index contributed by atoms with van der Waals surface area (Å²) in [5.41, 5.74) is 2.72. The van der Waals surface area contributed by atoms with Gasteiger partial charge in [0.05, 0.1) is 16.9 Å². The van der Waals surface area contributed by atoms with Crippen molar-refractivity contribution >= 4 is 34.1 Å². The molecule has 0 unspecified atom stereocenters. The van der Waals surface area contributed by atoms with Gasteiger partial charge in [-0.3, -0.25) is 0 Å². The molecule has 1 aromatic carbocycles. The van der Waals surface area contributed by atoms with Gasteiger partial charge in [0.15, 0.2) is 11.6 Å². The molecule has 136 valence electrons. The molecule has 0 amide bonds. The molecule has 0 radical (unpaired) electrons. The minimum absolute atomic E-state index is 0.163. The minimum Gasteiger partial charge on any atom is -0.345 e. The van der Waals surface area contributed by atoms with Gasteiger partial charge in [0.1, 0.15) is 5.65 Å². The first-order valence-electron chi connectivity index (χ1n) is 8.13. The van der Waals surface area contributed by atoms with Crippen molar-refractivity contribution in [2.75, 3.05) is 5.12 Å². The number of anilines is 2. The molecule has 8 heteroatoms. The van der Waals surface area contributed by atoms with E-state index in [1.807, 2.05) is 6.07 Å². The number of H-pyrrole nitrogens is 1. The van der Waals surface area contributed by atoms with Gasteiger partial charge in [0.2, 0.25) is 5.82 Å². The average molecular weight is 386 g/mol. The number of aromatic nitrogens is 4. The van der Waals surface area contributed by atoms with Gasteiger partial charge in [-0.2, -0.15) is 5.12 Å². The second-order valence-corrected chi connectivity index (χ2v) is 6.57. The monoisotopic (exact) mass is 385 g/mol. The number of para-hydroxylation sites is 1. The van der Waals surface area contributed by atoms with Crippen molar-refractivity contribution in [1.29, 1.82) is 0 Å². The number of nitrogens with one attached hydrogen (secondary N) is 1. The van der Waals surface area contributed by atoms with Crippen LogP contribution in [0.2, 0.25) is 5.02 Å². The lowest BCUT2D eigenvalue weighted by Gasteiger charge is -2.18. The maximum Gasteiger partial charge on any atom is 0.203 e. The smallest absolute Gasteiger partial charge is 0.203 e. The van der Waals surface area contributed by atoms with E-state index in [4.69, 9.17) is 11.6 Å². The third kappa shape index (κ3) is 3.00. The predicted octanol–water partition coefficient (Wildman–Crippen LogP) is 5.45. The van der Waals surface area contributed by atoms with Crippen LogP contribution in [0.25, 0.3) is 22.4 Å². The number of hydrogen-bond donors (Lipinski definition) is 1. The number of nitrogens with zero attached hydrogens (tertiary/aromatic N) is 4. The van der Waals surface area contributed by atoms with Gasteiger partial charge in [-0.05, 0) is 31.0 Å². The standard InChI is InChI=1S/C19H14ClF2N5/c1-10-4-3-5-11(2)16(10)27(22)19-15(21)9-25-18(26-19)14-8-24-17-13(14)6-12(20)7-23-17/h3-9H,1-2H3,(H,23,24). The fourth-order valence-corrected chi connectivity index (χ4v) is 3.17. The molecule has 0 atom stereocenters. The maximum atomic E-state index is 15.1. The Morgan fingerprint density at radius 2 is 1.85 bits per heavy atom. The van der Waals surface area contributed by atoms with Crippen LogP contribution < -0.4 is 5.12 Å². The highest BCUT2D eigenvalue weighted by atomic mass is 35.5. The molecule has 27 heavy (non-hydrogen) atoms. The van der Waals surface area contributed by atoms with E-state index < -0.39 is 11.6 Å². The fraction of sp³-hybridized carbons (Fsp3) is 0.105. The van der Waals surface area contributed by atoms with Crippen LogP contribution >= 0.6 is 11.6 Å². The number of rotatable bonds is 3. The van der Waals surface area contributed by atoms with E-state index in [0.717, 1.165) is 6.20 Å². The van der Waals surface area contributed by atoms with Crippen LogP contribution in [0.15, 0.2) is 42.9 Å². The van der Waals surface area contributed by atoms with Gasteiger partial charge < -0.3 is 4.98 Å². The van der Waals surface area contributed by atoms with Crippen molar-refractivity contribution < 1.29 is 8.87 Å². The molecule has 0 spiro atoms. The molecule has 0 bridgehead atoms. The summed E-state index contributed by atoms with van der Waals surface area (Å²) in [6.07, 6.45) is 4.09. The Bertz CT molecular complexity index is 1140. The van der Waals surface area contributed by atoms with Crippen molar-refractivity contribution in [1.82, 2.24) is 19.9 Å². The number of hydrogen-bond acceptors (Lipinski definition) is 4. The summed E-state index contributed by atoms with van der Waals surface area (Å²) < 4.78 is 29.5. The Hall–Kier alpha value is -3.06. The van der Waals surface area contributed by atoms with E-state index in [1.165, 1.54) is 6.20 Å². The van der Waals surface area contributed by atoms with Gasteiger partial charge in [0, 0.05) is 23.3 Å². The largest absolute Gasteiger partial charge is 0.345 e. The Morgan fingerprint density at radius 3 is 2.59 bits per heavy atom. The number of fused-ring (bicyclic) bond motifs is 1. The van der Waals surface area contributed by atoms with E-state index in [1.54, 1.807) is 38.2 Å². The summed E-state index contributed by atoms with van der Waals surface area (Å²) in [5, 5.41) is 1.36. The summed E-state index contributed by atoms with van der Waals surface area (Å²) in [4.78, 5) is 15.3. The molecule has 0 saturated heterocycles. The molecule has 3 heterocycles. The number of aromatic amines is 1. The number of halogens is 3. The van der Waals surface area contributed by atoms with Gasteiger partial charge in [-0.1, -0.05) is 34.3 Å². The molecule has 0 fully saturated rings.